The molecule has 0 saturated heterocycles. The van der Waals surface area contributed by atoms with Gasteiger partial charge in [-0.3, -0.25) is 0 Å². The Labute approximate surface area is 120 Å². The molecular weight excluding hydrogens is 308 g/mol. The topological polar surface area (TPSA) is 61.3 Å². The first kappa shape index (κ1) is 13.8. The predicted molar refractivity (Wildman–Crippen MR) is 79.8 cm³/mol. The molecule has 0 amide bonds. The van der Waals surface area contributed by atoms with E-state index in [1.54, 1.807) is 0 Å². The Balaban J connectivity index is 2.21. The zero-order valence-electron chi connectivity index (χ0n) is 10.5. The van der Waals surface area contributed by atoms with Gasteiger partial charge in [-0.05, 0) is 18.2 Å². The molecule has 0 fully saturated rings. The zero-order chi connectivity index (χ0) is 13.7. The monoisotopic (exact) mass is 322 g/mol. The van der Waals surface area contributed by atoms with Crippen molar-refractivity contribution < 1.29 is 5.11 Å². The molecule has 2 aromatic rings. The summed E-state index contributed by atoms with van der Waals surface area (Å²) in [6, 6.07) is 9.82. The van der Waals surface area contributed by atoms with Gasteiger partial charge in [0.05, 0.1) is 6.61 Å². The van der Waals surface area contributed by atoms with Crippen molar-refractivity contribution >= 4 is 33.3 Å². The standard InChI is InChI=1S/C13H15BrN4O/c1-18(11-4-2-3-10(14)7-11)13-8-12(15-5-6-19)16-9-17-13/h2-4,7-9,19H,5-6H2,1H3,(H,15,16,17). The van der Waals surface area contributed by atoms with Gasteiger partial charge in [0.25, 0.3) is 0 Å². The maximum Gasteiger partial charge on any atom is 0.138 e. The number of aliphatic hydroxyl groups excluding tert-OH is 1. The van der Waals surface area contributed by atoms with Crippen molar-refractivity contribution in [3.05, 3.63) is 41.1 Å². The van der Waals surface area contributed by atoms with Crippen LogP contribution >= 0.6 is 15.9 Å². The lowest BCUT2D eigenvalue weighted by Crippen LogP contribution is -2.13. The summed E-state index contributed by atoms with van der Waals surface area (Å²) in [5.41, 5.74) is 1.03. The fraction of sp³-hybridized carbons (Fsp3) is 0.231. The maximum atomic E-state index is 8.79. The molecule has 1 aromatic heterocycles. The van der Waals surface area contributed by atoms with Crippen molar-refractivity contribution in [3.8, 4) is 0 Å². The smallest absolute Gasteiger partial charge is 0.138 e. The van der Waals surface area contributed by atoms with E-state index in [4.69, 9.17) is 5.11 Å². The average molecular weight is 323 g/mol. The third-order valence-corrected chi connectivity index (χ3v) is 3.10. The minimum atomic E-state index is 0.0702. The molecule has 0 atom stereocenters. The number of aliphatic hydroxyl groups is 1. The van der Waals surface area contributed by atoms with Gasteiger partial charge in [0.1, 0.15) is 18.0 Å². The highest BCUT2D eigenvalue weighted by Gasteiger charge is 2.07. The Hall–Kier alpha value is -1.66. The molecule has 19 heavy (non-hydrogen) atoms. The second-order valence-corrected chi connectivity index (χ2v) is 4.87. The number of anilines is 3. The average Bonchev–Trinajstić information content (AvgIpc) is 2.44. The molecule has 0 bridgehead atoms. The van der Waals surface area contributed by atoms with Crippen molar-refractivity contribution in [2.75, 3.05) is 30.4 Å². The number of aromatic nitrogens is 2. The van der Waals surface area contributed by atoms with Crippen LogP contribution in [-0.2, 0) is 0 Å². The number of hydrogen-bond donors (Lipinski definition) is 2. The molecule has 0 spiro atoms. The summed E-state index contributed by atoms with van der Waals surface area (Å²) in [4.78, 5) is 10.3. The Morgan fingerprint density at radius 2 is 2.16 bits per heavy atom. The minimum absolute atomic E-state index is 0.0702. The molecule has 0 aliphatic rings. The number of halogens is 1. The summed E-state index contributed by atoms with van der Waals surface area (Å²) in [6.45, 7) is 0.540. The molecule has 2 rings (SSSR count). The van der Waals surface area contributed by atoms with E-state index >= 15 is 0 Å². The molecular formula is C13H15BrN4O. The van der Waals surface area contributed by atoms with E-state index in [2.05, 4.69) is 31.2 Å². The summed E-state index contributed by atoms with van der Waals surface area (Å²) in [5, 5.41) is 11.8. The number of hydrogen-bond acceptors (Lipinski definition) is 5. The maximum absolute atomic E-state index is 8.79. The van der Waals surface area contributed by atoms with Gasteiger partial charge in [-0.1, -0.05) is 22.0 Å². The number of rotatable bonds is 5. The van der Waals surface area contributed by atoms with Crippen molar-refractivity contribution in [1.29, 1.82) is 0 Å². The highest BCUT2D eigenvalue weighted by molar-refractivity contribution is 9.10. The van der Waals surface area contributed by atoms with Gasteiger partial charge in [0.15, 0.2) is 0 Å². The number of nitrogens with one attached hydrogen (secondary N) is 1. The van der Waals surface area contributed by atoms with E-state index in [0.29, 0.717) is 12.4 Å². The zero-order valence-corrected chi connectivity index (χ0v) is 12.1. The number of nitrogens with zero attached hydrogens (tertiary/aromatic N) is 3. The minimum Gasteiger partial charge on any atom is -0.395 e. The Morgan fingerprint density at radius 1 is 1.32 bits per heavy atom. The van der Waals surface area contributed by atoms with Crippen molar-refractivity contribution in [2.45, 2.75) is 0 Å². The lowest BCUT2D eigenvalue weighted by molar-refractivity contribution is 0.311. The molecule has 0 aliphatic carbocycles. The van der Waals surface area contributed by atoms with E-state index in [0.717, 1.165) is 16.0 Å². The van der Waals surface area contributed by atoms with Crippen molar-refractivity contribution in [2.24, 2.45) is 0 Å². The van der Waals surface area contributed by atoms with Crippen LogP contribution in [0.15, 0.2) is 41.1 Å². The molecule has 0 unspecified atom stereocenters. The fourth-order valence-corrected chi connectivity index (χ4v) is 2.02. The molecule has 2 N–H and O–H groups in total. The van der Waals surface area contributed by atoms with E-state index in [-0.39, 0.29) is 6.61 Å². The summed E-state index contributed by atoms with van der Waals surface area (Å²) in [6.07, 6.45) is 1.50. The van der Waals surface area contributed by atoms with Gasteiger partial charge >= 0.3 is 0 Å². The van der Waals surface area contributed by atoms with Crippen LogP contribution in [0, 0.1) is 0 Å². The number of benzene rings is 1. The third kappa shape index (κ3) is 3.65. The highest BCUT2D eigenvalue weighted by atomic mass is 79.9. The van der Waals surface area contributed by atoms with Gasteiger partial charge < -0.3 is 15.3 Å². The van der Waals surface area contributed by atoms with Gasteiger partial charge in [-0.25, -0.2) is 9.97 Å². The quantitative estimate of drug-likeness (QED) is 0.885. The van der Waals surface area contributed by atoms with Gasteiger partial charge in [0.2, 0.25) is 0 Å². The van der Waals surface area contributed by atoms with E-state index in [1.807, 2.05) is 42.3 Å². The Morgan fingerprint density at radius 3 is 2.89 bits per heavy atom. The highest BCUT2D eigenvalue weighted by Crippen LogP contribution is 2.25. The normalized spacial score (nSPS) is 10.3. The summed E-state index contributed by atoms with van der Waals surface area (Å²) in [5.74, 6) is 1.48. The fourth-order valence-electron chi connectivity index (χ4n) is 1.63. The van der Waals surface area contributed by atoms with Crippen LogP contribution in [0.3, 0.4) is 0 Å². The first-order valence-corrected chi connectivity index (χ1v) is 6.66. The predicted octanol–water partition coefficient (Wildman–Crippen LogP) is 2.41. The van der Waals surface area contributed by atoms with Crippen LogP contribution < -0.4 is 10.2 Å². The second kappa shape index (κ2) is 6.49. The van der Waals surface area contributed by atoms with E-state index < -0.39 is 0 Å². The lowest BCUT2D eigenvalue weighted by atomic mass is 10.3. The summed E-state index contributed by atoms with van der Waals surface area (Å²) in [7, 11) is 1.94. The van der Waals surface area contributed by atoms with Crippen LogP contribution in [0.2, 0.25) is 0 Å². The van der Waals surface area contributed by atoms with Crippen LogP contribution in [-0.4, -0.2) is 35.3 Å². The van der Waals surface area contributed by atoms with Crippen molar-refractivity contribution in [3.63, 3.8) is 0 Å². The second-order valence-electron chi connectivity index (χ2n) is 3.95. The largest absolute Gasteiger partial charge is 0.395 e. The SMILES string of the molecule is CN(c1cccc(Br)c1)c1cc(NCCO)ncn1. The molecule has 100 valence electrons. The molecule has 6 heteroatoms. The third-order valence-electron chi connectivity index (χ3n) is 2.61. The first-order chi connectivity index (χ1) is 9.20. The van der Waals surface area contributed by atoms with E-state index in [9.17, 15) is 0 Å². The summed E-state index contributed by atoms with van der Waals surface area (Å²) < 4.78 is 1.02. The van der Waals surface area contributed by atoms with Gasteiger partial charge in [-0.15, -0.1) is 0 Å². The molecule has 0 radical (unpaired) electrons. The Bertz CT molecular complexity index is 550. The first-order valence-electron chi connectivity index (χ1n) is 5.87. The molecule has 5 nitrogen and oxygen atoms in total. The van der Waals surface area contributed by atoms with Gasteiger partial charge in [-0.2, -0.15) is 0 Å². The van der Waals surface area contributed by atoms with Crippen LogP contribution in [0.25, 0.3) is 0 Å². The van der Waals surface area contributed by atoms with Crippen molar-refractivity contribution in [1.82, 2.24) is 9.97 Å². The Kier molecular flexibility index (Phi) is 4.70. The molecule has 0 aliphatic heterocycles. The molecule has 1 aromatic carbocycles. The lowest BCUT2D eigenvalue weighted by Gasteiger charge is -2.19. The molecule has 0 saturated carbocycles. The van der Waals surface area contributed by atoms with Gasteiger partial charge in [0, 0.05) is 29.8 Å². The van der Waals surface area contributed by atoms with Crippen LogP contribution in [0.4, 0.5) is 17.3 Å². The van der Waals surface area contributed by atoms with Crippen LogP contribution in [0.5, 0.6) is 0 Å². The van der Waals surface area contributed by atoms with E-state index in [1.165, 1.54) is 6.33 Å². The summed E-state index contributed by atoms with van der Waals surface area (Å²) >= 11 is 3.45. The van der Waals surface area contributed by atoms with Crippen LogP contribution in [0.1, 0.15) is 0 Å². The molecule has 1 heterocycles.